The molecule has 15 heavy (non-hydrogen) atoms. The topological polar surface area (TPSA) is 17.1 Å². The first-order valence-electron chi connectivity index (χ1n) is 4.63. The third-order valence-corrected chi connectivity index (χ3v) is 4.64. The molecule has 0 saturated heterocycles. The summed E-state index contributed by atoms with van der Waals surface area (Å²) in [5.74, 6) is 0. The molecule has 0 aliphatic carbocycles. The van der Waals surface area contributed by atoms with Crippen molar-refractivity contribution in [2.24, 2.45) is 0 Å². The summed E-state index contributed by atoms with van der Waals surface area (Å²) < 4.78 is 14.5. The van der Waals surface area contributed by atoms with E-state index in [1.807, 2.05) is 12.1 Å². The summed E-state index contributed by atoms with van der Waals surface area (Å²) in [6.07, 6.45) is 0. The Morgan fingerprint density at radius 2 is 1.73 bits per heavy atom. The Kier molecular flexibility index (Phi) is 2.19. The van der Waals surface area contributed by atoms with Gasteiger partial charge in [-0.15, -0.1) is 0 Å². The number of benzene rings is 2. The van der Waals surface area contributed by atoms with E-state index >= 15 is 0 Å². The maximum absolute atomic E-state index is 10.9. The van der Waals surface area contributed by atoms with Gasteiger partial charge in [-0.2, -0.15) is 0 Å². The quantitative estimate of drug-likeness (QED) is 0.624. The minimum absolute atomic E-state index is 0.914. The van der Waals surface area contributed by atoms with Gasteiger partial charge >= 0.3 is 97.8 Å². The average molecular weight is 274 g/mol. The number of hydrogen-bond acceptors (Lipinski definition) is 2. The van der Waals surface area contributed by atoms with Crippen LogP contribution in [-0.2, 0) is 3.74 Å². The average Bonchev–Trinajstić information content (AvgIpc) is 2.66. The fraction of sp³-hybridized carbons (Fsp3) is 0. The second-order valence-electron chi connectivity index (χ2n) is 3.37. The van der Waals surface area contributed by atoms with Crippen LogP contribution in [0.1, 0.15) is 0 Å². The van der Waals surface area contributed by atoms with E-state index in [1.165, 1.54) is 20.2 Å². The van der Waals surface area contributed by atoms with Gasteiger partial charge in [0.25, 0.3) is 0 Å². The monoisotopic (exact) mass is 274 g/mol. The molecule has 0 unspecified atom stereocenters. The minimum atomic E-state index is -0.914. The molecular weight excluding hydrogens is 267 g/mol. The zero-order valence-electron chi connectivity index (χ0n) is 7.81. The Morgan fingerprint density at radius 1 is 0.933 bits per heavy atom. The van der Waals surface area contributed by atoms with Gasteiger partial charge in [-0.3, -0.25) is 0 Å². The Labute approximate surface area is 97.6 Å². The zero-order valence-corrected chi connectivity index (χ0v) is 10.5. The molecule has 0 bridgehead atoms. The van der Waals surface area contributed by atoms with E-state index < -0.39 is 15.7 Å². The van der Waals surface area contributed by atoms with Crippen LogP contribution in [0.15, 0.2) is 42.5 Å². The van der Waals surface area contributed by atoms with Crippen molar-refractivity contribution in [1.29, 1.82) is 0 Å². The van der Waals surface area contributed by atoms with Crippen LogP contribution >= 0.6 is 11.3 Å². The molecule has 72 valence electrons. The van der Waals surface area contributed by atoms with Gasteiger partial charge in [0.1, 0.15) is 0 Å². The second kappa shape index (κ2) is 3.55. The van der Waals surface area contributed by atoms with Crippen molar-refractivity contribution in [2.75, 3.05) is 0 Å². The Hall–Kier alpha value is -0.982. The summed E-state index contributed by atoms with van der Waals surface area (Å²) in [4.78, 5) is 0. The van der Waals surface area contributed by atoms with E-state index in [1.54, 1.807) is 11.3 Å². The number of thiophene rings is 1. The van der Waals surface area contributed by atoms with Gasteiger partial charge < -0.3 is 0 Å². The molecule has 0 amide bonds. The molecule has 0 fully saturated rings. The Bertz CT molecular complexity index is 657. The van der Waals surface area contributed by atoms with Gasteiger partial charge in [0, 0.05) is 0 Å². The molecular formula is C12H7AsOS. The van der Waals surface area contributed by atoms with Gasteiger partial charge in [-0.05, 0) is 0 Å². The van der Waals surface area contributed by atoms with Crippen LogP contribution in [0.2, 0.25) is 0 Å². The molecule has 0 N–H and O–H groups in total. The summed E-state index contributed by atoms with van der Waals surface area (Å²) in [5, 5.41) is 2.51. The van der Waals surface area contributed by atoms with E-state index in [4.69, 9.17) is 0 Å². The first kappa shape index (κ1) is 9.26. The number of hydrogen-bond donors (Lipinski definition) is 0. The fourth-order valence-corrected chi connectivity index (χ4v) is 3.52. The van der Waals surface area contributed by atoms with Crippen LogP contribution in [0.4, 0.5) is 0 Å². The molecule has 1 aromatic heterocycles. The van der Waals surface area contributed by atoms with E-state index in [9.17, 15) is 3.74 Å². The molecule has 2 aromatic carbocycles. The molecule has 0 radical (unpaired) electrons. The predicted octanol–water partition coefficient (Wildman–Crippen LogP) is 2.73. The molecule has 0 saturated carbocycles. The Balaban J connectivity index is 2.51. The van der Waals surface area contributed by atoms with Crippen molar-refractivity contribution in [2.45, 2.75) is 0 Å². The van der Waals surface area contributed by atoms with E-state index in [2.05, 4.69) is 30.3 Å². The van der Waals surface area contributed by atoms with Gasteiger partial charge in [0.05, 0.1) is 0 Å². The van der Waals surface area contributed by atoms with Crippen molar-refractivity contribution in [3.8, 4) is 0 Å². The molecule has 3 rings (SSSR count). The Morgan fingerprint density at radius 3 is 2.60 bits per heavy atom. The van der Waals surface area contributed by atoms with Gasteiger partial charge in [0.15, 0.2) is 0 Å². The molecule has 0 spiro atoms. The second-order valence-corrected chi connectivity index (χ2v) is 5.92. The van der Waals surface area contributed by atoms with Crippen molar-refractivity contribution in [3.05, 3.63) is 42.5 Å². The molecule has 0 aliphatic rings. The first-order valence-corrected chi connectivity index (χ1v) is 7.15. The molecule has 1 nitrogen and oxygen atoms in total. The van der Waals surface area contributed by atoms with E-state index in [-0.39, 0.29) is 0 Å². The summed E-state index contributed by atoms with van der Waals surface area (Å²) in [5.41, 5.74) is 0. The van der Waals surface area contributed by atoms with Crippen molar-refractivity contribution >= 4 is 51.6 Å². The normalized spacial score (nSPS) is 11.5. The van der Waals surface area contributed by atoms with Crippen molar-refractivity contribution in [3.63, 3.8) is 0 Å². The fourth-order valence-electron chi connectivity index (χ4n) is 1.77. The van der Waals surface area contributed by atoms with Crippen LogP contribution < -0.4 is 4.35 Å². The molecule has 0 aliphatic heterocycles. The van der Waals surface area contributed by atoms with Gasteiger partial charge in [-0.1, -0.05) is 0 Å². The van der Waals surface area contributed by atoms with E-state index in [0.717, 1.165) is 4.35 Å². The molecule has 0 atom stereocenters. The number of rotatable bonds is 1. The summed E-state index contributed by atoms with van der Waals surface area (Å²) in [6.45, 7) is 0. The summed E-state index contributed by atoms with van der Waals surface area (Å²) in [7, 11) is 0. The SMILES string of the molecule is O=[As]c1ccc2sc3ccccc3c2c1. The molecule has 3 heteroatoms. The van der Waals surface area contributed by atoms with Crippen LogP contribution in [0, 0.1) is 0 Å². The summed E-state index contributed by atoms with van der Waals surface area (Å²) in [6, 6.07) is 14.4. The third-order valence-electron chi connectivity index (χ3n) is 2.47. The third kappa shape index (κ3) is 1.45. The van der Waals surface area contributed by atoms with Gasteiger partial charge in [-0.25, -0.2) is 0 Å². The van der Waals surface area contributed by atoms with Crippen molar-refractivity contribution < 1.29 is 3.74 Å². The zero-order chi connectivity index (χ0) is 10.3. The number of fused-ring (bicyclic) bond motifs is 3. The van der Waals surface area contributed by atoms with Crippen molar-refractivity contribution in [1.82, 2.24) is 0 Å². The van der Waals surface area contributed by atoms with E-state index in [0.29, 0.717) is 0 Å². The van der Waals surface area contributed by atoms with Crippen LogP contribution in [-0.4, -0.2) is 15.7 Å². The maximum atomic E-state index is 10.9. The molecule has 3 aromatic rings. The first-order chi connectivity index (χ1) is 7.38. The predicted molar refractivity (Wildman–Crippen MR) is 65.4 cm³/mol. The van der Waals surface area contributed by atoms with Crippen LogP contribution in [0.3, 0.4) is 0 Å². The van der Waals surface area contributed by atoms with Gasteiger partial charge in [0.2, 0.25) is 0 Å². The van der Waals surface area contributed by atoms with Crippen LogP contribution in [0.5, 0.6) is 0 Å². The standard InChI is InChI=1S/C12H7AsOS/c14-13-8-5-6-12-10(7-8)9-3-1-2-4-11(9)15-12/h1-7H. The van der Waals surface area contributed by atoms with Crippen LogP contribution in [0.25, 0.3) is 20.2 Å². The molecule has 1 heterocycles. The summed E-state index contributed by atoms with van der Waals surface area (Å²) >= 11 is 0.875.